The third kappa shape index (κ3) is 3.26. The zero-order valence-electron chi connectivity index (χ0n) is 16.0. The van der Waals surface area contributed by atoms with Crippen molar-refractivity contribution >= 4 is 17.6 Å². The molecule has 4 rings (SSSR count). The second kappa shape index (κ2) is 7.26. The fraction of sp³-hybridized carbons (Fsp3) is 0.238. The van der Waals surface area contributed by atoms with Gasteiger partial charge in [-0.2, -0.15) is 4.68 Å². The van der Waals surface area contributed by atoms with Gasteiger partial charge in [-0.1, -0.05) is 55.3 Å². The van der Waals surface area contributed by atoms with Gasteiger partial charge in [-0.25, -0.2) is 4.79 Å². The van der Waals surface area contributed by atoms with Crippen LogP contribution in [-0.4, -0.2) is 33.3 Å². The fourth-order valence-electron chi connectivity index (χ4n) is 3.24. The summed E-state index contributed by atoms with van der Waals surface area (Å²) in [7, 11) is 1.37. The summed E-state index contributed by atoms with van der Waals surface area (Å²) in [5.74, 6) is 0.699. The number of methoxy groups -OCH3 is 1. The lowest BCUT2D eigenvalue weighted by atomic mass is 9.98. The van der Waals surface area contributed by atoms with E-state index in [2.05, 4.69) is 65.0 Å². The van der Waals surface area contributed by atoms with Crippen molar-refractivity contribution < 1.29 is 9.53 Å². The summed E-state index contributed by atoms with van der Waals surface area (Å²) >= 11 is 0. The summed E-state index contributed by atoms with van der Waals surface area (Å²) in [5.41, 5.74) is 4.78. The van der Waals surface area contributed by atoms with Crippen LogP contribution in [0, 0.1) is 0 Å². The van der Waals surface area contributed by atoms with Crippen LogP contribution in [0.25, 0.3) is 5.70 Å². The van der Waals surface area contributed by atoms with E-state index in [1.54, 1.807) is 16.8 Å². The SMILES string of the molecule is COC(=O)c1ccc(C2C=C(c3ccc(C(C)C)cc3)Nc3nnnn32)cc1. The van der Waals surface area contributed by atoms with Crippen LogP contribution in [0.3, 0.4) is 0 Å². The lowest BCUT2D eigenvalue weighted by Crippen LogP contribution is -2.20. The molecule has 7 nitrogen and oxygen atoms in total. The Bertz CT molecular complexity index is 1020. The molecule has 2 heterocycles. The third-order valence-corrected chi connectivity index (χ3v) is 4.89. The second-order valence-corrected chi connectivity index (χ2v) is 6.99. The summed E-state index contributed by atoms with van der Waals surface area (Å²) in [6.07, 6.45) is 2.08. The van der Waals surface area contributed by atoms with Crippen LogP contribution in [0.4, 0.5) is 5.95 Å². The predicted molar refractivity (Wildman–Crippen MR) is 106 cm³/mol. The number of esters is 1. The molecule has 0 bridgehead atoms. The maximum Gasteiger partial charge on any atom is 0.337 e. The number of tetrazole rings is 1. The van der Waals surface area contributed by atoms with Crippen molar-refractivity contribution in [3.8, 4) is 0 Å². The first-order valence-corrected chi connectivity index (χ1v) is 9.12. The maximum absolute atomic E-state index is 11.7. The van der Waals surface area contributed by atoms with Crippen molar-refractivity contribution in [1.82, 2.24) is 20.2 Å². The van der Waals surface area contributed by atoms with Crippen LogP contribution < -0.4 is 5.32 Å². The van der Waals surface area contributed by atoms with Gasteiger partial charge in [0.25, 0.3) is 0 Å². The molecule has 1 N–H and O–H groups in total. The Hall–Kier alpha value is -3.48. The highest BCUT2D eigenvalue weighted by Crippen LogP contribution is 2.32. The molecule has 142 valence electrons. The van der Waals surface area contributed by atoms with E-state index in [-0.39, 0.29) is 12.0 Å². The Kier molecular flexibility index (Phi) is 4.65. The van der Waals surface area contributed by atoms with Gasteiger partial charge >= 0.3 is 5.97 Å². The molecule has 1 aliphatic heterocycles. The molecule has 0 radical (unpaired) electrons. The highest BCUT2D eigenvalue weighted by Gasteiger charge is 2.24. The zero-order valence-corrected chi connectivity index (χ0v) is 16.0. The van der Waals surface area contributed by atoms with Crippen LogP contribution in [0.15, 0.2) is 54.6 Å². The van der Waals surface area contributed by atoms with E-state index in [1.807, 2.05) is 12.1 Å². The largest absolute Gasteiger partial charge is 0.465 e. The molecule has 0 saturated heterocycles. The van der Waals surface area contributed by atoms with Gasteiger partial charge in [0, 0.05) is 5.70 Å². The smallest absolute Gasteiger partial charge is 0.337 e. The van der Waals surface area contributed by atoms with Gasteiger partial charge in [0.05, 0.1) is 12.7 Å². The van der Waals surface area contributed by atoms with E-state index in [4.69, 9.17) is 4.74 Å². The molecule has 0 amide bonds. The van der Waals surface area contributed by atoms with Gasteiger partial charge in [0.1, 0.15) is 6.04 Å². The summed E-state index contributed by atoms with van der Waals surface area (Å²) in [6, 6.07) is 15.6. The van der Waals surface area contributed by atoms with E-state index in [0.717, 1.165) is 16.8 Å². The number of nitrogens with zero attached hydrogens (tertiary/aromatic N) is 4. The molecule has 1 aromatic heterocycles. The monoisotopic (exact) mass is 375 g/mol. The molecule has 1 aliphatic rings. The quantitative estimate of drug-likeness (QED) is 0.701. The van der Waals surface area contributed by atoms with Crippen molar-refractivity contribution in [1.29, 1.82) is 0 Å². The van der Waals surface area contributed by atoms with Crippen molar-refractivity contribution in [2.24, 2.45) is 0 Å². The molecule has 0 fully saturated rings. The van der Waals surface area contributed by atoms with Gasteiger partial charge in [0.15, 0.2) is 0 Å². The molecule has 0 spiro atoms. The van der Waals surface area contributed by atoms with E-state index in [0.29, 0.717) is 17.4 Å². The number of fused-ring (bicyclic) bond motifs is 1. The number of carbonyl (C=O) groups excluding carboxylic acids is 1. The first-order chi connectivity index (χ1) is 13.6. The topological polar surface area (TPSA) is 81.9 Å². The molecule has 7 heteroatoms. The third-order valence-electron chi connectivity index (χ3n) is 4.89. The number of nitrogens with one attached hydrogen (secondary N) is 1. The number of anilines is 1. The van der Waals surface area contributed by atoms with Gasteiger partial charge in [-0.3, -0.25) is 0 Å². The Balaban J connectivity index is 1.70. The number of benzene rings is 2. The normalized spacial score (nSPS) is 15.6. The molecule has 28 heavy (non-hydrogen) atoms. The Morgan fingerprint density at radius 1 is 1.11 bits per heavy atom. The number of carbonyl (C=O) groups is 1. The maximum atomic E-state index is 11.7. The van der Waals surface area contributed by atoms with Crippen molar-refractivity contribution in [3.63, 3.8) is 0 Å². The lowest BCUT2D eigenvalue weighted by Gasteiger charge is -2.23. The first-order valence-electron chi connectivity index (χ1n) is 9.12. The van der Waals surface area contributed by atoms with E-state index in [9.17, 15) is 4.79 Å². The van der Waals surface area contributed by atoms with E-state index >= 15 is 0 Å². The first kappa shape index (κ1) is 17.9. The minimum atomic E-state index is -0.360. The van der Waals surface area contributed by atoms with Gasteiger partial charge < -0.3 is 10.1 Å². The Morgan fingerprint density at radius 3 is 2.46 bits per heavy atom. The number of aromatic nitrogens is 4. The van der Waals surface area contributed by atoms with Crippen LogP contribution in [0.5, 0.6) is 0 Å². The van der Waals surface area contributed by atoms with Crippen LogP contribution in [-0.2, 0) is 4.74 Å². The number of allylic oxidation sites excluding steroid dienone is 1. The predicted octanol–water partition coefficient (Wildman–Crippen LogP) is 3.64. The standard InChI is InChI=1S/C21H21N5O2/c1-13(2)14-4-6-15(7-5-14)18-12-19(26-21(22-18)23-24-25-26)16-8-10-17(11-9-16)20(27)28-3/h4-13,19H,1-3H3,(H,22,23,25). The van der Waals surface area contributed by atoms with Crippen LogP contribution in [0.2, 0.25) is 0 Å². The molecular weight excluding hydrogens is 354 g/mol. The fourth-order valence-corrected chi connectivity index (χ4v) is 3.24. The number of hydrogen-bond acceptors (Lipinski definition) is 6. The average molecular weight is 375 g/mol. The summed E-state index contributed by atoms with van der Waals surface area (Å²) < 4.78 is 6.49. The zero-order chi connectivity index (χ0) is 19.7. The van der Waals surface area contributed by atoms with Crippen molar-refractivity contribution in [2.45, 2.75) is 25.8 Å². The minimum Gasteiger partial charge on any atom is -0.465 e. The lowest BCUT2D eigenvalue weighted by molar-refractivity contribution is 0.0600. The highest BCUT2D eigenvalue weighted by molar-refractivity contribution is 5.89. The number of hydrogen-bond donors (Lipinski definition) is 1. The summed E-state index contributed by atoms with van der Waals surface area (Å²) in [5, 5.41) is 15.3. The van der Waals surface area contributed by atoms with Crippen molar-refractivity contribution in [3.05, 3.63) is 76.9 Å². The second-order valence-electron chi connectivity index (χ2n) is 6.99. The molecule has 3 aromatic rings. The minimum absolute atomic E-state index is 0.183. The molecule has 0 aliphatic carbocycles. The van der Waals surface area contributed by atoms with E-state index in [1.165, 1.54) is 12.7 Å². The van der Waals surface area contributed by atoms with Crippen molar-refractivity contribution in [2.75, 3.05) is 12.4 Å². The highest BCUT2D eigenvalue weighted by atomic mass is 16.5. The number of rotatable bonds is 4. The molecule has 2 aromatic carbocycles. The van der Waals surface area contributed by atoms with E-state index < -0.39 is 0 Å². The summed E-state index contributed by atoms with van der Waals surface area (Å²) in [6.45, 7) is 4.35. The Labute approximate surface area is 163 Å². The number of ether oxygens (including phenoxy) is 1. The summed E-state index contributed by atoms with van der Waals surface area (Å²) in [4.78, 5) is 11.7. The molecule has 1 atom stereocenters. The molecule has 1 unspecified atom stereocenters. The average Bonchev–Trinajstić information content (AvgIpc) is 3.21. The van der Waals surface area contributed by atoms with Gasteiger partial charge in [0.2, 0.25) is 5.95 Å². The molecule has 0 saturated carbocycles. The van der Waals surface area contributed by atoms with Crippen LogP contribution >= 0.6 is 0 Å². The van der Waals surface area contributed by atoms with Gasteiger partial charge in [-0.05, 0) is 51.2 Å². The van der Waals surface area contributed by atoms with Gasteiger partial charge in [-0.15, -0.1) is 0 Å². The van der Waals surface area contributed by atoms with Crippen LogP contribution in [0.1, 0.15) is 52.9 Å². The molecular formula is C21H21N5O2. The Morgan fingerprint density at radius 2 is 1.82 bits per heavy atom.